The number of hydrogen-bond donors (Lipinski definition) is 3. The van der Waals surface area contributed by atoms with Crippen LogP contribution in [0.4, 0.5) is 0 Å². The zero-order valence-electron chi connectivity index (χ0n) is 15.0. The van der Waals surface area contributed by atoms with Crippen molar-refractivity contribution in [3.63, 3.8) is 0 Å². The zero-order chi connectivity index (χ0) is 19.5. The van der Waals surface area contributed by atoms with Gasteiger partial charge in [0.1, 0.15) is 11.5 Å². The van der Waals surface area contributed by atoms with Crippen molar-refractivity contribution in [1.29, 1.82) is 0 Å². The van der Waals surface area contributed by atoms with Crippen LogP contribution in [0.2, 0.25) is 0 Å². The van der Waals surface area contributed by atoms with Crippen LogP contribution in [-0.4, -0.2) is 36.5 Å². The first-order valence-corrected chi connectivity index (χ1v) is 9.57. The van der Waals surface area contributed by atoms with E-state index >= 15 is 0 Å². The normalized spacial score (nSPS) is 11.3. The molecule has 2 rings (SSSR count). The number of rotatable bonds is 10. The first-order chi connectivity index (χ1) is 13.1. The summed E-state index contributed by atoms with van der Waals surface area (Å²) in [5.41, 5.74) is 7.48. The molecule has 6 nitrogen and oxygen atoms in total. The summed E-state index contributed by atoms with van der Waals surface area (Å²) in [7, 11) is 0. The van der Waals surface area contributed by atoms with E-state index < -0.39 is 0 Å². The average Bonchev–Trinajstić information content (AvgIpc) is 2.68. The number of hydrogen-bond acceptors (Lipinski definition) is 5. The highest BCUT2D eigenvalue weighted by Gasteiger charge is 2.14. The Morgan fingerprint density at radius 2 is 1.96 bits per heavy atom. The van der Waals surface area contributed by atoms with E-state index in [2.05, 4.69) is 26.4 Å². The van der Waals surface area contributed by atoms with Crippen LogP contribution in [0, 0.1) is 0 Å². The summed E-state index contributed by atoms with van der Waals surface area (Å²) in [4.78, 5) is 12.2. The standard InChI is InChI=1S/C20H24BrN3O3/c21-17-13-16(7-8-19(17)27-12-4-10-22)14-18(24-26)20(25)23-11-9-15-5-2-1-3-6-15/h1-3,5-8,13,26H,4,9-12,14,22H2,(H,23,25)/b24-18-. The van der Waals surface area contributed by atoms with Gasteiger partial charge in [0.05, 0.1) is 11.1 Å². The minimum atomic E-state index is -0.382. The van der Waals surface area contributed by atoms with Crippen LogP contribution in [0.3, 0.4) is 0 Å². The minimum Gasteiger partial charge on any atom is -0.492 e. The number of halogens is 1. The third-order valence-electron chi connectivity index (χ3n) is 3.90. The molecule has 7 heteroatoms. The quantitative estimate of drug-likeness (QED) is 0.232. The average molecular weight is 434 g/mol. The molecule has 4 N–H and O–H groups in total. The van der Waals surface area contributed by atoms with Crippen molar-refractivity contribution >= 4 is 27.5 Å². The number of benzene rings is 2. The molecule has 0 unspecified atom stereocenters. The first kappa shape index (κ1) is 20.9. The molecule has 2 aromatic rings. The topological polar surface area (TPSA) is 96.9 Å². The fourth-order valence-electron chi connectivity index (χ4n) is 2.46. The smallest absolute Gasteiger partial charge is 0.269 e. The van der Waals surface area contributed by atoms with Crippen LogP contribution in [0.5, 0.6) is 5.75 Å². The Labute approximate surface area is 167 Å². The van der Waals surface area contributed by atoms with Gasteiger partial charge in [0.25, 0.3) is 5.91 Å². The van der Waals surface area contributed by atoms with E-state index in [1.165, 1.54) is 0 Å². The highest BCUT2D eigenvalue weighted by Crippen LogP contribution is 2.26. The Balaban J connectivity index is 1.88. The van der Waals surface area contributed by atoms with Gasteiger partial charge in [-0.05, 0) is 58.6 Å². The summed E-state index contributed by atoms with van der Waals surface area (Å²) in [6.45, 7) is 1.59. The van der Waals surface area contributed by atoms with E-state index in [-0.39, 0.29) is 18.0 Å². The van der Waals surface area contributed by atoms with Gasteiger partial charge in [-0.25, -0.2) is 0 Å². The van der Waals surface area contributed by atoms with Crippen LogP contribution in [0.25, 0.3) is 0 Å². The molecular formula is C20H24BrN3O3. The Kier molecular flexibility index (Phi) is 8.80. The molecule has 27 heavy (non-hydrogen) atoms. The van der Waals surface area contributed by atoms with Crippen LogP contribution in [-0.2, 0) is 17.6 Å². The van der Waals surface area contributed by atoms with Crippen molar-refractivity contribution in [3.05, 3.63) is 64.1 Å². The maximum atomic E-state index is 12.2. The Hall–Kier alpha value is -2.38. The molecule has 0 atom stereocenters. The molecule has 0 saturated heterocycles. The molecule has 144 valence electrons. The molecule has 0 heterocycles. The van der Waals surface area contributed by atoms with Gasteiger partial charge >= 0.3 is 0 Å². The van der Waals surface area contributed by atoms with Gasteiger partial charge in [0, 0.05) is 13.0 Å². The molecule has 0 spiro atoms. The lowest BCUT2D eigenvalue weighted by molar-refractivity contribution is -0.115. The van der Waals surface area contributed by atoms with Gasteiger partial charge in [0.15, 0.2) is 0 Å². The van der Waals surface area contributed by atoms with Gasteiger partial charge in [-0.3, -0.25) is 4.79 Å². The van der Waals surface area contributed by atoms with Crippen molar-refractivity contribution < 1.29 is 14.7 Å². The molecule has 0 bridgehead atoms. The molecule has 0 aliphatic carbocycles. The molecule has 2 aromatic carbocycles. The lowest BCUT2D eigenvalue weighted by Gasteiger charge is -2.10. The van der Waals surface area contributed by atoms with Gasteiger partial charge < -0.3 is 21.0 Å². The molecule has 0 aromatic heterocycles. The van der Waals surface area contributed by atoms with Gasteiger partial charge in [-0.2, -0.15) is 0 Å². The summed E-state index contributed by atoms with van der Waals surface area (Å²) < 4.78 is 6.40. The lowest BCUT2D eigenvalue weighted by atomic mass is 10.1. The number of nitrogens with one attached hydrogen (secondary N) is 1. The van der Waals surface area contributed by atoms with Crippen molar-refractivity contribution in [3.8, 4) is 5.75 Å². The SMILES string of the molecule is NCCCOc1ccc(C/C(=N/O)C(=O)NCCc2ccccc2)cc1Br. The number of ether oxygens (including phenoxy) is 1. The fourth-order valence-corrected chi connectivity index (χ4v) is 3.00. The zero-order valence-corrected chi connectivity index (χ0v) is 16.6. The first-order valence-electron chi connectivity index (χ1n) is 8.78. The summed E-state index contributed by atoms with van der Waals surface area (Å²) in [5.74, 6) is 0.329. The van der Waals surface area contributed by atoms with E-state index in [0.29, 0.717) is 31.9 Å². The van der Waals surface area contributed by atoms with Crippen LogP contribution >= 0.6 is 15.9 Å². The predicted octanol–water partition coefficient (Wildman–Crippen LogP) is 2.91. The van der Waals surface area contributed by atoms with E-state index in [4.69, 9.17) is 10.5 Å². The highest BCUT2D eigenvalue weighted by molar-refractivity contribution is 9.10. The Morgan fingerprint density at radius 3 is 2.63 bits per heavy atom. The lowest BCUT2D eigenvalue weighted by Crippen LogP contribution is -2.33. The molecule has 0 fully saturated rings. The Morgan fingerprint density at radius 1 is 1.19 bits per heavy atom. The van der Waals surface area contributed by atoms with Crippen molar-refractivity contribution in [2.45, 2.75) is 19.3 Å². The second-order valence-corrected chi connectivity index (χ2v) is 6.82. The van der Waals surface area contributed by atoms with E-state index in [1.54, 1.807) is 0 Å². The second-order valence-electron chi connectivity index (χ2n) is 5.97. The minimum absolute atomic E-state index is 0.0618. The monoisotopic (exact) mass is 433 g/mol. The number of nitrogens with zero attached hydrogens (tertiary/aromatic N) is 1. The van der Waals surface area contributed by atoms with Crippen molar-refractivity contribution in [2.24, 2.45) is 10.9 Å². The largest absolute Gasteiger partial charge is 0.492 e. The maximum absolute atomic E-state index is 12.2. The molecular weight excluding hydrogens is 410 g/mol. The van der Waals surface area contributed by atoms with Crippen molar-refractivity contribution in [2.75, 3.05) is 19.7 Å². The number of carbonyl (C=O) groups excluding carboxylic acids is 1. The van der Waals surface area contributed by atoms with Crippen LogP contribution in [0.15, 0.2) is 58.2 Å². The summed E-state index contributed by atoms with van der Waals surface area (Å²) in [6.07, 6.45) is 1.71. The van der Waals surface area contributed by atoms with Gasteiger partial charge in [-0.1, -0.05) is 41.6 Å². The van der Waals surface area contributed by atoms with Gasteiger partial charge in [-0.15, -0.1) is 0 Å². The van der Waals surface area contributed by atoms with Crippen LogP contribution in [0.1, 0.15) is 17.5 Å². The van der Waals surface area contributed by atoms with Gasteiger partial charge in [0.2, 0.25) is 0 Å². The van der Waals surface area contributed by atoms with E-state index in [0.717, 1.165) is 22.0 Å². The van der Waals surface area contributed by atoms with Crippen LogP contribution < -0.4 is 15.8 Å². The molecule has 0 aliphatic rings. The third kappa shape index (κ3) is 7.03. The second kappa shape index (κ2) is 11.4. The van der Waals surface area contributed by atoms with E-state index in [1.807, 2.05) is 48.5 Å². The number of oxime groups is 1. The fraction of sp³-hybridized carbons (Fsp3) is 0.300. The summed E-state index contributed by atoms with van der Waals surface area (Å²) in [5, 5.41) is 15.2. The molecule has 0 saturated carbocycles. The van der Waals surface area contributed by atoms with E-state index in [9.17, 15) is 10.0 Å². The molecule has 0 aliphatic heterocycles. The third-order valence-corrected chi connectivity index (χ3v) is 4.52. The highest BCUT2D eigenvalue weighted by atomic mass is 79.9. The van der Waals surface area contributed by atoms with Crippen molar-refractivity contribution in [1.82, 2.24) is 5.32 Å². The number of amides is 1. The number of carbonyl (C=O) groups is 1. The molecule has 0 radical (unpaired) electrons. The predicted molar refractivity (Wildman–Crippen MR) is 109 cm³/mol. The summed E-state index contributed by atoms with van der Waals surface area (Å²) in [6, 6.07) is 15.4. The number of nitrogens with two attached hydrogens (primary N) is 1. The summed E-state index contributed by atoms with van der Waals surface area (Å²) >= 11 is 3.46. The maximum Gasteiger partial charge on any atom is 0.269 e. The molecule has 1 amide bonds. The Bertz CT molecular complexity index is 766.